The quantitative estimate of drug-likeness (QED) is 0.447. The average molecular weight is 508 g/mol. The zero-order valence-corrected chi connectivity index (χ0v) is 17.8. The van der Waals surface area contributed by atoms with E-state index in [1.807, 2.05) is 0 Å². The number of aromatic nitrogens is 1. The van der Waals surface area contributed by atoms with Crippen LogP contribution in [0.3, 0.4) is 0 Å². The molecule has 34 heavy (non-hydrogen) atoms. The predicted octanol–water partition coefficient (Wildman–Crippen LogP) is 3.80. The summed E-state index contributed by atoms with van der Waals surface area (Å²) in [5.74, 6) is -2.08. The number of carbonyl (C=O) groups is 2. The van der Waals surface area contributed by atoms with Gasteiger partial charge in [0.25, 0.3) is 11.8 Å². The van der Waals surface area contributed by atoms with E-state index in [2.05, 4.69) is 10.5 Å². The van der Waals surface area contributed by atoms with E-state index >= 15 is 0 Å². The van der Waals surface area contributed by atoms with E-state index in [0.717, 1.165) is 17.0 Å². The number of amides is 2. The summed E-state index contributed by atoms with van der Waals surface area (Å²) < 4.78 is 75.8. The van der Waals surface area contributed by atoms with Gasteiger partial charge in [0.2, 0.25) is 5.88 Å². The van der Waals surface area contributed by atoms with Gasteiger partial charge in [0, 0.05) is 17.9 Å². The third-order valence-electron chi connectivity index (χ3n) is 5.02. The number of fused-ring (bicyclic) bond motifs is 1. The van der Waals surface area contributed by atoms with E-state index in [9.17, 15) is 34.1 Å². The number of hydrogen-bond acceptors (Lipinski definition) is 7. The first kappa shape index (κ1) is 23.7. The van der Waals surface area contributed by atoms with Crippen molar-refractivity contribution in [3.8, 4) is 0 Å². The number of aliphatic hydroxyl groups is 1. The lowest BCUT2D eigenvalue weighted by atomic mass is 10.1. The maximum atomic E-state index is 13.2. The van der Waals surface area contributed by atoms with E-state index < -0.39 is 44.8 Å². The van der Waals surface area contributed by atoms with Crippen molar-refractivity contribution in [2.24, 2.45) is 0 Å². The first-order valence-corrected chi connectivity index (χ1v) is 11.5. The molecule has 1 aromatic heterocycles. The molecule has 15 heteroatoms. The molecule has 0 spiro atoms. The van der Waals surface area contributed by atoms with Gasteiger partial charge in [-0.15, -0.1) is 0 Å². The van der Waals surface area contributed by atoms with Crippen LogP contribution in [0.15, 0.2) is 51.9 Å². The van der Waals surface area contributed by atoms with Crippen molar-refractivity contribution in [1.29, 1.82) is 0 Å². The highest BCUT2D eigenvalue weighted by molar-refractivity contribution is 8.45. The summed E-state index contributed by atoms with van der Waals surface area (Å²) in [6, 6.07) is 6.43. The third-order valence-corrected chi connectivity index (χ3v) is 6.17. The summed E-state index contributed by atoms with van der Waals surface area (Å²) in [7, 11) is -9.99. The van der Waals surface area contributed by atoms with Crippen LogP contribution in [0.4, 0.5) is 36.7 Å². The van der Waals surface area contributed by atoms with Gasteiger partial charge in [0.15, 0.2) is 12.2 Å². The fourth-order valence-electron chi connectivity index (χ4n) is 3.37. The van der Waals surface area contributed by atoms with Crippen LogP contribution in [0, 0.1) is 0 Å². The minimum atomic E-state index is -9.99. The molecule has 4 rings (SSSR count). The lowest BCUT2D eigenvalue weighted by Crippen LogP contribution is -2.55. The summed E-state index contributed by atoms with van der Waals surface area (Å²) in [4.78, 5) is 23.8. The highest BCUT2D eigenvalue weighted by Gasteiger charge is 2.65. The number of rotatable bonds is 5. The molecule has 2 aromatic carbocycles. The van der Waals surface area contributed by atoms with E-state index in [1.165, 1.54) is 18.2 Å². The first-order valence-electron chi connectivity index (χ1n) is 9.55. The SMILES string of the molecule is Nc1onc2cc(NC(=O)[C@H](O)[C@H]3OCCN(c4cccc(S(F)(F)(F)(F)F)c4)C3=O)ccc12. The lowest BCUT2D eigenvalue weighted by molar-refractivity contribution is -0.150. The number of nitrogens with two attached hydrogens (primary N) is 1. The van der Waals surface area contributed by atoms with Crippen LogP contribution in [0.25, 0.3) is 10.9 Å². The Morgan fingerprint density at radius 2 is 1.94 bits per heavy atom. The molecular weight excluding hydrogens is 491 g/mol. The van der Waals surface area contributed by atoms with Gasteiger partial charge in [0.05, 0.1) is 12.0 Å². The molecule has 0 aliphatic carbocycles. The third kappa shape index (κ3) is 4.62. The van der Waals surface area contributed by atoms with Crippen molar-refractivity contribution < 1.29 is 43.4 Å². The Kier molecular flexibility index (Phi) is 5.08. The van der Waals surface area contributed by atoms with Crippen LogP contribution >= 0.6 is 10.2 Å². The zero-order valence-electron chi connectivity index (χ0n) is 17.0. The molecule has 2 amide bonds. The van der Waals surface area contributed by atoms with Gasteiger partial charge in [-0.3, -0.25) is 9.59 Å². The van der Waals surface area contributed by atoms with Crippen LogP contribution in [0.5, 0.6) is 0 Å². The molecule has 1 aliphatic heterocycles. The van der Waals surface area contributed by atoms with E-state index in [0.29, 0.717) is 10.9 Å². The first-order chi connectivity index (χ1) is 15.6. The maximum absolute atomic E-state index is 13.2. The van der Waals surface area contributed by atoms with Crippen molar-refractivity contribution in [3.05, 3.63) is 42.5 Å². The molecule has 0 bridgehead atoms. The van der Waals surface area contributed by atoms with E-state index in [4.69, 9.17) is 15.0 Å². The number of nitrogens with one attached hydrogen (secondary N) is 1. The number of aliphatic hydroxyl groups excluding tert-OH is 1. The molecular formula is C19H17F5N4O5S. The van der Waals surface area contributed by atoms with Crippen molar-refractivity contribution in [2.45, 2.75) is 17.1 Å². The largest absolute Gasteiger partial charge is 0.380 e. The van der Waals surface area contributed by atoms with Crippen LogP contribution in [-0.4, -0.2) is 47.4 Å². The Labute approximate surface area is 188 Å². The number of ether oxygens (including phenoxy) is 1. The van der Waals surface area contributed by atoms with Gasteiger partial charge in [-0.25, -0.2) is 0 Å². The lowest BCUT2D eigenvalue weighted by Gasteiger charge is -2.41. The number of morpholine rings is 1. The van der Waals surface area contributed by atoms with Crippen LogP contribution in [-0.2, 0) is 14.3 Å². The summed E-state index contributed by atoms with van der Waals surface area (Å²) in [6.07, 6.45) is -3.85. The molecule has 4 N–H and O–H groups in total. The fourth-order valence-corrected chi connectivity index (χ4v) is 4.05. The highest BCUT2D eigenvalue weighted by Crippen LogP contribution is 3.02. The second kappa shape index (κ2) is 7.28. The van der Waals surface area contributed by atoms with E-state index in [-0.39, 0.29) is 36.9 Å². The van der Waals surface area contributed by atoms with Gasteiger partial charge in [-0.1, -0.05) is 30.7 Å². The molecule has 1 fully saturated rings. The number of hydrogen-bond donors (Lipinski definition) is 3. The molecule has 0 saturated carbocycles. The minimum absolute atomic E-state index is 0.0587. The van der Waals surface area contributed by atoms with E-state index in [1.54, 1.807) is 0 Å². The number of anilines is 3. The molecule has 2 heterocycles. The van der Waals surface area contributed by atoms with Crippen LogP contribution in [0.1, 0.15) is 0 Å². The average Bonchev–Trinajstić information content (AvgIpc) is 3.12. The number of carbonyl (C=O) groups excluding carboxylic acids is 2. The topological polar surface area (TPSA) is 131 Å². The standard InChI is InChI=1S/C19H17F5N4O5S/c20-34(21,22,23,24)12-3-1-2-11(9-12)28-6-7-32-16(19(28)31)15(29)18(30)26-10-4-5-13-14(8-10)27-33-17(13)25/h1-5,8-9,15-16,29H,6-7,25H2,(H,26,30)/t15-,16-/m1/s1. The number of nitrogen functional groups attached to an aromatic ring is 1. The molecule has 1 saturated heterocycles. The van der Waals surface area contributed by atoms with Crippen LogP contribution in [0.2, 0.25) is 0 Å². The number of nitrogens with zero attached hydrogens (tertiary/aromatic N) is 2. The summed E-state index contributed by atoms with van der Waals surface area (Å²) in [6.45, 7) is -0.552. The summed E-state index contributed by atoms with van der Waals surface area (Å²) >= 11 is 0. The van der Waals surface area contributed by atoms with Gasteiger partial charge in [0.1, 0.15) is 10.4 Å². The van der Waals surface area contributed by atoms with Crippen molar-refractivity contribution in [3.63, 3.8) is 0 Å². The monoisotopic (exact) mass is 508 g/mol. The molecule has 1 aliphatic rings. The Morgan fingerprint density at radius 3 is 2.65 bits per heavy atom. The molecule has 0 radical (unpaired) electrons. The van der Waals surface area contributed by atoms with Crippen LogP contribution < -0.4 is 16.0 Å². The Morgan fingerprint density at radius 1 is 1.21 bits per heavy atom. The smallest absolute Gasteiger partial charge is 0.310 e. The van der Waals surface area contributed by atoms with Crippen molar-refractivity contribution in [2.75, 3.05) is 29.1 Å². The Hall–Kier alpha value is -3.43. The minimum Gasteiger partial charge on any atom is -0.380 e. The van der Waals surface area contributed by atoms with Gasteiger partial charge >= 0.3 is 10.2 Å². The highest BCUT2D eigenvalue weighted by atomic mass is 32.5. The summed E-state index contributed by atoms with van der Waals surface area (Å²) in [5, 5.41) is 16.9. The van der Waals surface area contributed by atoms with Crippen molar-refractivity contribution >= 4 is 50.2 Å². The van der Waals surface area contributed by atoms with Gasteiger partial charge in [-0.05, 0) is 36.4 Å². The molecule has 3 aromatic rings. The normalized spacial score (nSPS) is 20.0. The molecule has 184 valence electrons. The predicted molar refractivity (Wildman–Crippen MR) is 113 cm³/mol. The molecule has 0 unspecified atom stereocenters. The maximum Gasteiger partial charge on any atom is 0.310 e. The Balaban J connectivity index is 1.53. The van der Waals surface area contributed by atoms with Crippen molar-refractivity contribution in [1.82, 2.24) is 5.16 Å². The molecule has 9 nitrogen and oxygen atoms in total. The number of halogens is 5. The summed E-state index contributed by atoms with van der Waals surface area (Å²) in [5.41, 5.74) is 5.58. The van der Waals surface area contributed by atoms with Gasteiger partial charge < -0.3 is 30.3 Å². The fraction of sp³-hybridized carbons (Fsp3) is 0.211. The Bertz CT molecular complexity index is 1300. The zero-order chi connectivity index (χ0) is 25.0. The second-order valence-electron chi connectivity index (χ2n) is 7.46. The molecule has 2 atom stereocenters. The second-order valence-corrected chi connectivity index (χ2v) is 9.87. The number of benzene rings is 2. The van der Waals surface area contributed by atoms with Gasteiger partial charge in [-0.2, -0.15) is 0 Å².